The molecule has 4 aliphatic rings. The standard InChI is InChI=1S/C31H43N3O5S/c1-17-15-32-29(40-17)33-23(36)9-7-18-10-12-31(5)13-11-20-21(26(18)31)8-6-19-14-22(35)27(30(2,3)4)28(25(19)20)34-39-16-24(37)38/h14-15,18,20-21,25-26,35H,6-13,16H2,1-5H3,(H,37,38)(H,32,33,36)/t18-,20?,21?,25?,26?,31-/m0/s1. The van der Waals surface area contributed by atoms with Gasteiger partial charge in [0.1, 0.15) is 5.76 Å². The van der Waals surface area contributed by atoms with E-state index in [4.69, 9.17) is 4.84 Å². The van der Waals surface area contributed by atoms with Gasteiger partial charge >= 0.3 is 5.97 Å². The van der Waals surface area contributed by atoms with E-state index >= 15 is 0 Å². The van der Waals surface area contributed by atoms with Gasteiger partial charge < -0.3 is 20.4 Å². The van der Waals surface area contributed by atoms with Gasteiger partial charge in [-0.15, -0.1) is 11.3 Å². The molecule has 3 saturated carbocycles. The van der Waals surface area contributed by atoms with Crippen LogP contribution < -0.4 is 5.32 Å². The van der Waals surface area contributed by atoms with E-state index in [0.717, 1.165) is 49.0 Å². The largest absolute Gasteiger partial charge is 0.508 e. The molecule has 218 valence electrons. The first-order valence-electron chi connectivity index (χ1n) is 14.7. The number of carboxylic acids is 1. The van der Waals surface area contributed by atoms with Crippen molar-refractivity contribution in [3.8, 4) is 0 Å². The predicted molar refractivity (Wildman–Crippen MR) is 156 cm³/mol. The number of rotatable bonds is 7. The van der Waals surface area contributed by atoms with Gasteiger partial charge in [0.05, 0.1) is 5.71 Å². The zero-order valence-electron chi connectivity index (χ0n) is 24.3. The van der Waals surface area contributed by atoms with Crippen LogP contribution in [-0.4, -0.2) is 39.4 Å². The average molecular weight is 570 g/mol. The molecule has 0 spiro atoms. The molecule has 3 N–H and O–H groups in total. The number of nitrogens with one attached hydrogen (secondary N) is 1. The Bertz CT molecular complexity index is 1260. The van der Waals surface area contributed by atoms with E-state index in [9.17, 15) is 19.8 Å². The number of anilines is 1. The summed E-state index contributed by atoms with van der Waals surface area (Å²) in [5.74, 6) is 1.06. The van der Waals surface area contributed by atoms with Crippen LogP contribution in [0.25, 0.3) is 0 Å². The minimum Gasteiger partial charge on any atom is -0.508 e. The lowest BCUT2D eigenvalue weighted by atomic mass is 9.50. The first kappa shape index (κ1) is 28.8. The predicted octanol–water partition coefficient (Wildman–Crippen LogP) is 6.89. The third kappa shape index (κ3) is 5.58. The van der Waals surface area contributed by atoms with Gasteiger partial charge in [0, 0.05) is 29.0 Å². The highest BCUT2D eigenvalue weighted by Crippen LogP contribution is 2.64. The van der Waals surface area contributed by atoms with Crippen LogP contribution in [-0.2, 0) is 14.4 Å². The van der Waals surface area contributed by atoms with Crippen LogP contribution in [0.15, 0.2) is 34.3 Å². The molecule has 0 bridgehead atoms. The molecule has 1 aromatic rings. The lowest BCUT2D eigenvalue weighted by Crippen LogP contribution is -2.49. The minimum atomic E-state index is -1.07. The molecule has 0 saturated heterocycles. The Morgan fingerprint density at radius 3 is 2.65 bits per heavy atom. The van der Waals surface area contributed by atoms with Crippen molar-refractivity contribution < 1.29 is 24.6 Å². The van der Waals surface area contributed by atoms with E-state index in [1.807, 2.05) is 33.8 Å². The highest BCUT2D eigenvalue weighted by Gasteiger charge is 2.57. The molecule has 0 aromatic carbocycles. The third-order valence-electron chi connectivity index (χ3n) is 9.89. The maximum absolute atomic E-state index is 12.8. The number of aliphatic hydroxyl groups excluding tert-OH is 1. The maximum Gasteiger partial charge on any atom is 0.344 e. The molecule has 8 nitrogen and oxygen atoms in total. The Kier molecular flexibility index (Phi) is 7.89. The Balaban J connectivity index is 1.39. The van der Waals surface area contributed by atoms with Gasteiger partial charge in [0.15, 0.2) is 5.13 Å². The second kappa shape index (κ2) is 11.0. The SMILES string of the molecule is Cc1cnc(NC(=O)CC[C@H]2CC[C@@]3(C)CCC4C5C(=CC(O)=C(C(C)(C)C)C5=NOCC(=O)O)CCC4C23)s1. The summed E-state index contributed by atoms with van der Waals surface area (Å²) in [4.78, 5) is 34.7. The van der Waals surface area contributed by atoms with Crippen molar-refractivity contribution in [2.45, 2.75) is 86.0 Å². The summed E-state index contributed by atoms with van der Waals surface area (Å²) in [6.45, 7) is 10.1. The van der Waals surface area contributed by atoms with Gasteiger partial charge in [0.25, 0.3) is 0 Å². The quantitative estimate of drug-likeness (QED) is 0.307. The number of amides is 1. The molecule has 3 fully saturated rings. The normalized spacial score (nSPS) is 32.7. The maximum atomic E-state index is 12.8. The van der Waals surface area contributed by atoms with Crippen LogP contribution in [0.1, 0.15) is 83.9 Å². The molecule has 0 aliphatic heterocycles. The van der Waals surface area contributed by atoms with E-state index in [0.29, 0.717) is 40.9 Å². The lowest BCUT2D eigenvalue weighted by Gasteiger charge is -2.54. The van der Waals surface area contributed by atoms with Gasteiger partial charge in [0.2, 0.25) is 12.5 Å². The summed E-state index contributed by atoms with van der Waals surface area (Å²) in [6, 6.07) is 0. The van der Waals surface area contributed by atoms with Gasteiger partial charge in [-0.2, -0.15) is 0 Å². The summed E-state index contributed by atoms with van der Waals surface area (Å²) in [6.07, 6.45) is 11.6. The van der Waals surface area contributed by atoms with Crippen molar-refractivity contribution >= 4 is 34.1 Å². The topological polar surface area (TPSA) is 121 Å². The number of oxime groups is 1. The molecule has 5 rings (SSSR count). The number of fused-ring (bicyclic) bond motifs is 5. The number of hydrogen-bond donors (Lipinski definition) is 3. The first-order chi connectivity index (χ1) is 18.9. The molecular formula is C31H43N3O5S. The van der Waals surface area contributed by atoms with Crippen molar-refractivity contribution in [2.24, 2.45) is 45.6 Å². The molecule has 9 heteroatoms. The van der Waals surface area contributed by atoms with E-state index in [1.165, 1.54) is 23.3 Å². The summed E-state index contributed by atoms with van der Waals surface area (Å²) in [5.41, 5.74) is 2.52. The Morgan fingerprint density at radius 2 is 1.98 bits per heavy atom. The number of allylic oxidation sites excluding steroid dienone is 3. The monoisotopic (exact) mass is 569 g/mol. The number of aromatic nitrogens is 1. The Morgan fingerprint density at radius 1 is 1.23 bits per heavy atom. The molecule has 1 amide bonds. The summed E-state index contributed by atoms with van der Waals surface area (Å²) in [5, 5.41) is 28.4. The molecule has 40 heavy (non-hydrogen) atoms. The zero-order chi connectivity index (χ0) is 28.8. The number of carbonyl (C=O) groups is 2. The Hall–Kier alpha value is -2.68. The number of thiazole rings is 1. The Labute approximate surface area is 241 Å². The van der Waals surface area contributed by atoms with E-state index in [-0.39, 0.29) is 28.4 Å². The van der Waals surface area contributed by atoms with Gasteiger partial charge in [-0.05, 0) is 92.4 Å². The average Bonchev–Trinajstić information content (AvgIpc) is 3.43. The summed E-state index contributed by atoms with van der Waals surface area (Å²) >= 11 is 1.50. The van der Waals surface area contributed by atoms with Crippen LogP contribution in [0.4, 0.5) is 5.13 Å². The van der Waals surface area contributed by atoms with Crippen molar-refractivity contribution in [1.82, 2.24) is 4.98 Å². The van der Waals surface area contributed by atoms with Gasteiger partial charge in [-0.25, -0.2) is 9.78 Å². The fourth-order valence-electron chi connectivity index (χ4n) is 8.47. The molecule has 1 aromatic heterocycles. The number of hydrogen-bond acceptors (Lipinski definition) is 7. The van der Waals surface area contributed by atoms with Crippen molar-refractivity contribution in [3.05, 3.63) is 34.1 Å². The van der Waals surface area contributed by atoms with Gasteiger partial charge in [-0.3, -0.25) is 4.79 Å². The molecule has 4 aliphatic carbocycles. The highest BCUT2D eigenvalue weighted by atomic mass is 32.1. The third-order valence-corrected chi connectivity index (χ3v) is 10.7. The number of carbonyl (C=O) groups excluding carboxylic acids is 1. The highest BCUT2D eigenvalue weighted by molar-refractivity contribution is 7.15. The second-order valence-electron chi connectivity index (χ2n) is 13.6. The lowest BCUT2D eigenvalue weighted by molar-refractivity contribution is -0.142. The van der Waals surface area contributed by atoms with Crippen LogP contribution in [0.2, 0.25) is 0 Å². The minimum absolute atomic E-state index is 0.0138. The number of carboxylic acid groups (broad SMARTS) is 1. The number of aliphatic carboxylic acids is 1. The molecular weight excluding hydrogens is 526 g/mol. The smallest absolute Gasteiger partial charge is 0.344 e. The molecule has 0 radical (unpaired) electrons. The second-order valence-corrected chi connectivity index (χ2v) is 14.8. The van der Waals surface area contributed by atoms with Crippen LogP contribution >= 0.6 is 11.3 Å². The number of aryl methyl sites for hydroxylation is 1. The van der Waals surface area contributed by atoms with Crippen molar-refractivity contribution in [2.75, 3.05) is 11.9 Å². The van der Waals surface area contributed by atoms with E-state index < -0.39 is 12.6 Å². The molecule has 1 heterocycles. The van der Waals surface area contributed by atoms with Crippen LogP contribution in [0.5, 0.6) is 0 Å². The van der Waals surface area contributed by atoms with Crippen LogP contribution in [0, 0.1) is 47.3 Å². The number of nitrogens with zero attached hydrogens (tertiary/aromatic N) is 2. The van der Waals surface area contributed by atoms with E-state index in [2.05, 4.69) is 22.4 Å². The van der Waals surface area contributed by atoms with Crippen molar-refractivity contribution in [1.29, 1.82) is 0 Å². The molecule has 6 atom stereocenters. The summed E-state index contributed by atoms with van der Waals surface area (Å²) < 4.78 is 0. The first-order valence-corrected chi connectivity index (χ1v) is 15.5. The fraction of sp³-hybridized carbons (Fsp3) is 0.677. The van der Waals surface area contributed by atoms with Crippen molar-refractivity contribution in [3.63, 3.8) is 0 Å². The fourth-order valence-corrected chi connectivity index (χ4v) is 9.15. The van der Waals surface area contributed by atoms with Crippen LogP contribution in [0.3, 0.4) is 0 Å². The van der Waals surface area contributed by atoms with E-state index in [1.54, 1.807) is 6.20 Å². The van der Waals surface area contributed by atoms with Gasteiger partial charge in [-0.1, -0.05) is 38.4 Å². The molecule has 4 unspecified atom stereocenters. The summed E-state index contributed by atoms with van der Waals surface area (Å²) in [7, 11) is 0. The number of aliphatic hydroxyl groups is 1. The zero-order valence-corrected chi connectivity index (χ0v) is 25.1.